The highest BCUT2D eigenvalue weighted by Crippen LogP contribution is 2.19. The van der Waals surface area contributed by atoms with E-state index < -0.39 is 66.2 Å². The predicted octanol–water partition coefficient (Wildman–Crippen LogP) is -1.89. The van der Waals surface area contributed by atoms with Crippen molar-refractivity contribution in [3.63, 3.8) is 0 Å². The Morgan fingerprint density at radius 3 is 2.10 bits per heavy atom. The molecule has 7 N–H and O–H groups in total. The Kier molecular flexibility index (Phi) is 9.86. The van der Waals surface area contributed by atoms with Crippen molar-refractivity contribution >= 4 is 35.6 Å². The third-order valence-electron chi connectivity index (χ3n) is 4.84. The number of amides is 3. The zero-order valence-corrected chi connectivity index (χ0v) is 17.1. The number of rotatable bonds is 12. The second-order valence-corrected chi connectivity index (χ2v) is 7.29. The minimum Gasteiger partial charge on any atom is -0.481 e. The molecule has 13 nitrogen and oxygen atoms in total. The molecule has 1 aliphatic rings. The number of carbonyl (C=O) groups excluding carboxylic acids is 3. The Hall–Kier alpha value is -3.22. The van der Waals surface area contributed by atoms with Crippen LogP contribution in [0.15, 0.2) is 0 Å². The number of nitrogens with one attached hydrogen (secondary N) is 2. The average Bonchev–Trinajstić information content (AvgIpc) is 3.18. The van der Waals surface area contributed by atoms with Gasteiger partial charge in [-0.05, 0) is 32.6 Å². The van der Waals surface area contributed by atoms with Crippen LogP contribution < -0.4 is 16.4 Å². The lowest BCUT2D eigenvalue weighted by Gasteiger charge is -2.28. The van der Waals surface area contributed by atoms with E-state index in [-0.39, 0.29) is 32.2 Å². The van der Waals surface area contributed by atoms with Crippen LogP contribution in [0.2, 0.25) is 0 Å². The summed E-state index contributed by atoms with van der Waals surface area (Å²) >= 11 is 0. The van der Waals surface area contributed by atoms with E-state index in [0.29, 0.717) is 6.42 Å². The van der Waals surface area contributed by atoms with Crippen molar-refractivity contribution in [2.24, 2.45) is 5.73 Å². The van der Waals surface area contributed by atoms with Crippen LogP contribution in [0.25, 0.3) is 0 Å². The molecule has 1 heterocycles. The highest BCUT2D eigenvalue weighted by Gasteiger charge is 2.38. The van der Waals surface area contributed by atoms with Gasteiger partial charge in [0.15, 0.2) is 0 Å². The summed E-state index contributed by atoms with van der Waals surface area (Å²) in [5, 5.41) is 31.5. The van der Waals surface area contributed by atoms with Gasteiger partial charge < -0.3 is 36.6 Å². The molecule has 0 spiro atoms. The lowest BCUT2D eigenvalue weighted by atomic mass is 10.1. The van der Waals surface area contributed by atoms with Gasteiger partial charge in [0.25, 0.3) is 0 Å². The highest BCUT2D eigenvalue weighted by atomic mass is 16.4. The van der Waals surface area contributed by atoms with Crippen molar-refractivity contribution in [3.8, 4) is 0 Å². The van der Waals surface area contributed by atoms with E-state index in [1.807, 2.05) is 0 Å². The molecule has 1 fully saturated rings. The van der Waals surface area contributed by atoms with Crippen LogP contribution in [-0.4, -0.2) is 86.6 Å². The van der Waals surface area contributed by atoms with Gasteiger partial charge in [-0.1, -0.05) is 0 Å². The topological polar surface area (TPSA) is 216 Å². The summed E-state index contributed by atoms with van der Waals surface area (Å²) < 4.78 is 0. The summed E-state index contributed by atoms with van der Waals surface area (Å²) in [4.78, 5) is 71.2. The second-order valence-electron chi connectivity index (χ2n) is 7.29. The SMILES string of the molecule is CC(NC(=O)C(N)CCC(=O)O)C(=O)NC(CCC(=O)O)C(=O)N1CCCC1C(=O)O. The van der Waals surface area contributed by atoms with E-state index in [1.54, 1.807) is 0 Å². The first-order chi connectivity index (χ1) is 14.4. The molecule has 1 aliphatic heterocycles. The average molecular weight is 444 g/mol. The maximum absolute atomic E-state index is 12.8. The van der Waals surface area contributed by atoms with Gasteiger partial charge >= 0.3 is 17.9 Å². The molecule has 0 bridgehead atoms. The summed E-state index contributed by atoms with van der Waals surface area (Å²) in [5.74, 6) is -5.79. The minimum atomic E-state index is -1.29. The number of aliphatic carboxylic acids is 3. The fourth-order valence-corrected chi connectivity index (χ4v) is 3.11. The van der Waals surface area contributed by atoms with E-state index in [0.717, 1.165) is 4.90 Å². The summed E-state index contributed by atoms with van der Waals surface area (Å²) in [6.45, 7) is 1.48. The molecular weight excluding hydrogens is 416 g/mol. The zero-order valence-electron chi connectivity index (χ0n) is 17.1. The van der Waals surface area contributed by atoms with Crippen LogP contribution in [0, 0.1) is 0 Å². The first-order valence-corrected chi connectivity index (χ1v) is 9.77. The first kappa shape index (κ1) is 25.8. The normalized spacial score (nSPS) is 18.5. The van der Waals surface area contributed by atoms with Gasteiger partial charge in [0.1, 0.15) is 18.1 Å². The molecular formula is C18H28N4O9. The third-order valence-corrected chi connectivity index (χ3v) is 4.84. The Balaban J connectivity index is 2.79. The van der Waals surface area contributed by atoms with Crippen molar-refractivity contribution in [3.05, 3.63) is 0 Å². The molecule has 4 unspecified atom stereocenters. The van der Waals surface area contributed by atoms with Crippen molar-refractivity contribution in [2.75, 3.05) is 6.54 Å². The van der Waals surface area contributed by atoms with Crippen LogP contribution >= 0.6 is 0 Å². The van der Waals surface area contributed by atoms with Gasteiger partial charge in [0, 0.05) is 19.4 Å². The van der Waals surface area contributed by atoms with E-state index in [2.05, 4.69) is 10.6 Å². The molecule has 0 saturated carbocycles. The number of carboxylic acids is 3. The van der Waals surface area contributed by atoms with Gasteiger partial charge in [-0.15, -0.1) is 0 Å². The lowest BCUT2D eigenvalue weighted by Crippen LogP contribution is -2.56. The summed E-state index contributed by atoms with van der Waals surface area (Å²) in [7, 11) is 0. The quantitative estimate of drug-likeness (QED) is 0.197. The van der Waals surface area contributed by atoms with Crippen molar-refractivity contribution in [1.29, 1.82) is 0 Å². The van der Waals surface area contributed by atoms with E-state index >= 15 is 0 Å². The third kappa shape index (κ3) is 8.20. The Bertz CT molecular complexity index is 727. The molecule has 13 heteroatoms. The maximum atomic E-state index is 12.8. The van der Waals surface area contributed by atoms with Gasteiger partial charge in [-0.3, -0.25) is 24.0 Å². The van der Waals surface area contributed by atoms with Gasteiger partial charge in [-0.2, -0.15) is 0 Å². The van der Waals surface area contributed by atoms with E-state index in [1.165, 1.54) is 6.92 Å². The molecule has 0 aromatic carbocycles. The fraction of sp³-hybridized carbons (Fsp3) is 0.667. The molecule has 174 valence electrons. The minimum absolute atomic E-state index is 0.138. The van der Waals surface area contributed by atoms with Crippen molar-refractivity contribution in [1.82, 2.24) is 15.5 Å². The molecule has 3 amide bonds. The molecule has 0 radical (unpaired) electrons. The van der Waals surface area contributed by atoms with Gasteiger partial charge in [-0.25, -0.2) is 4.79 Å². The lowest BCUT2D eigenvalue weighted by molar-refractivity contribution is -0.150. The van der Waals surface area contributed by atoms with Crippen molar-refractivity contribution in [2.45, 2.75) is 69.6 Å². The number of carbonyl (C=O) groups is 6. The highest BCUT2D eigenvalue weighted by molar-refractivity contribution is 5.94. The number of carboxylic acid groups (broad SMARTS) is 3. The first-order valence-electron chi connectivity index (χ1n) is 9.77. The van der Waals surface area contributed by atoms with Crippen LogP contribution in [0.1, 0.15) is 45.4 Å². The Morgan fingerprint density at radius 2 is 1.55 bits per heavy atom. The zero-order chi connectivity index (χ0) is 23.7. The van der Waals surface area contributed by atoms with Crippen LogP contribution in [0.4, 0.5) is 0 Å². The molecule has 4 atom stereocenters. The smallest absolute Gasteiger partial charge is 0.326 e. The van der Waals surface area contributed by atoms with E-state index in [4.69, 9.17) is 15.9 Å². The van der Waals surface area contributed by atoms with Crippen LogP contribution in [0.5, 0.6) is 0 Å². The van der Waals surface area contributed by atoms with Crippen LogP contribution in [-0.2, 0) is 28.8 Å². The Labute approximate surface area is 177 Å². The number of nitrogens with two attached hydrogens (primary N) is 1. The van der Waals surface area contributed by atoms with Crippen molar-refractivity contribution < 1.29 is 44.1 Å². The molecule has 1 rings (SSSR count). The van der Waals surface area contributed by atoms with Crippen LogP contribution in [0.3, 0.4) is 0 Å². The number of hydrogen-bond acceptors (Lipinski definition) is 7. The predicted molar refractivity (Wildman–Crippen MR) is 104 cm³/mol. The second kappa shape index (κ2) is 11.8. The molecule has 0 aliphatic carbocycles. The molecule has 0 aromatic heterocycles. The standard InChI is InChI=1S/C18H28N4O9/c1-9(20-16(28)10(19)4-6-13(23)24)15(27)21-11(5-7-14(25)26)17(29)22-8-2-3-12(22)18(30)31/h9-12H,2-8,19H2,1H3,(H,20,28)(H,21,27)(H,23,24)(H,25,26)(H,30,31). The largest absolute Gasteiger partial charge is 0.481 e. The van der Waals surface area contributed by atoms with Gasteiger partial charge in [0.05, 0.1) is 6.04 Å². The van der Waals surface area contributed by atoms with Gasteiger partial charge in [0.2, 0.25) is 17.7 Å². The molecule has 31 heavy (non-hydrogen) atoms. The Morgan fingerprint density at radius 1 is 0.968 bits per heavy atom. The summed E-state index contributed by atoms with van der Waals surface area (Å²) in [5.41, 5.74) is 5.58. The number of likely N-dealkylation sites (tertiary alicyclic amines) is 1. The number of nitrogens with zero attached hydrogens (tertiary/aromatic N) is 1. The van der Waals surface area contributed by atoms with E-state index in [9.17, 15) is 33.9 Å². The fourth-order valence-electron chi connectivity index (χ4n) is 3.11. The molecule has 1 saturated heterocycles. The monoisotopic (exact) mass is 444 g/mol. The number of hydrogen-bond donors (Lipinski definition) is 6. The maximum Gasteiger partial charge on any atom is 0.326 e. The summed E-state index contributed by atoms with van der Waals surface area (Å²) in [6, 6.07) is -4.65. The molecule has 0 aromatic rings. The summed E-state index contributed by atoms with van der Waals surface area (Å²) in [6.07, 6.45) is -0.461.